The van der Waals surface area contributed by atoms with Crippen molar-refractivity contribution in [3.8, 4) is 0 Å². The fraction of sp³-hybridized carbons (Fsp3) is 0.818. The van der Waals surface area contributed by atoms with E-state index in [4.69, 9.17) is 0 Å². The smallest absolute Gasteiger partial charge is 0.143 e. The molecule has 0 bridgehead atoms. The number of carbonyl (C=O) groups excluding carboxylic acids is 2. The van der Waals surface area contributed by atoms with E-state index in [1.54, 1.807) is 0 Å². The first-order valence-corrected chi connectivity index (χ1v) is 10.4. The fourth-order valence-corrected chi connectivity index (χ4v) is 4.60. The highest BCUT2D eigenvalue weighted by molar-refractivity contribution is 5.94. The van der Waals surface area contributed by atoms with Gasteiger partial charge in [-0.15, -0.1) is 0 Å². The van der Waals surface area contributed by atoms with Crippen LogP contribution in [0.2, 0.25) is 0 Å². The third kappa shape index (κ3) is 5.04. The maximum Gasteiger partial charge on any atom is 0.143 e. The molecular formula is C22H36O2. The van der Waals surface area contributed by atoms with E-state index >= 15 is 0 Å². The van der Waals surface area contributed by atoms with E-state index in [2.05, 4.69) is 19.1 Å². The average Bonchev–Trinajstić information content (AvgIpc) is 2.90. The van der Waals surface area contributed by atoms with Crippen LogP contribution in [0.25, 0.3) is 0 Å². The molecule has 2 aliphatic carbocycles. The number of hydrogen-bond acceptors (Lipinski definition) is 2. The predicted octanol–water partition coefficient (Wildman–Crippen LogP) is 6.18. The van der Waals surface area contributed by atoms with Crippen molar-refractivity contribution in [2.24, 2.45) is 11.3 Å². The number of carbonyl (C=O) groups is 2. The molecule has 0 N–H and O–H groups in total. The van der Waals surface area contributed by atoms with Crippen molar-refractivity contribution >= 4 is 11.6 Å². The van der Waals surface area contributed by atoms with Gasteiger partial charge in [0.25, 0.3) is 0 Å². The largest absolute Gasteiger partial charge is 0.299 e. The van der Waals surface area contributed by atoms with E-state index in [-0.39, 0.29) is 5.92 Å². The summed E-state index contributed by atoms with van der Waals surface area (Å²) in [5, 5.41) is 0. The van der Waals surface area contributed by atoms with Crippen LogP contribution in [0.5, 0.6) is 0 Å². The van der Waals surface area contributed by atoms with E-state index < -0.39 is 5.41 Å². The van der Waals surface area contributed by atoms with Crippen molar-refractivity contribution in [3.05, 3.63) is 12.2 Å². The second-order valence-corrected chi connectivity index (χ2v) is 7.89. The Morgan fingerprint density at radius 3 is 2.58 bits per heavy atom. The van der Waals surface area contributed by atoms with Crippen LogP contribution in [-0.2, 0) is 9.59 Å². The topological polar surface area (TPSA) is 34.1 Å². The lowest BCUT2D eigenvalue weighted by Crippen LogP contribution is -2.40. The molecule has 0 aromatic rings. The maximum atomic E-state index is 13.1. The van der Waals surface area contributed by atoms with Gasteiger partial charge in [-0.2, -0.15) is 0 Å². The van der Waals surface area contributed by atoms with Gasteiger partial charge in [0, 0.05) is 18.8 Å². The van der Waals surface area contributed by atoms with Gasteiger partial charge in [0.1, 0.15) is 11.6 Å². The second-order valence-electron chi connectivity index (χ2n) is 7.89. The Hall–Kier alpha value is -0.920. The van der Waals surface area contributed by atoms with Crippen molar-refractivity contribution in [3.63, 3.8) is 0 Å². The minimum atomic E-state index is -0.470. The zero-order valence-electron chi connectivity index (χ0n) is 15.7. The van der Waals surface area contributed by atoms with Crippen LogP contribution < -0.4 is 0 Å². The van der Waals surface area contributed by atoms with Crippen LogP contribution in [0.3, 0.4) is 0 Å². The first-order valence-electron chi connectivity index (χ1n) is 10.4. The molecule has 2 saturated carbocycles. The third-order valence-electron chi connectivity index (χ3n) is 6.08. The van der Waals surface area contributed by atoms with Crippen LogP contribution in [0.1, 0.15) is 103 Å². The summed E-state index contributed by atoms with van der Waals surface area (Å²) in [7, 11) is 0. The molecule has 0 spiro atoms. The Labute approximate surface area is 148 Å². The summed E-state index contributed by atoms with van der Waals surface area (Å²) in [6, 6.07) is 0. The summed E-state index contributed by atoms with van der Waals surface area (Å²) >= 11 is 0. The molecule has 24 heavy (non-hydrogen) atoms. The second kappa shape index (κ2) is 10.2. The van der Waals surface area contributed by atoms with Gasteiger partial charge in [0.05, 0.1) is 5.41 Å². The van der Waals surface area contributed by atoms with Gasteiger partial charge >= 0.3 is 0 Å². The SMILES string of the molecule is CCCCCCC=CC1(C2CCCCCC2=O)CCCCCC1=O. The Bertz CT molecular complexity index is 437. The fourth-order valence-electron chi connectivity index (χ4n) is 4.60. The summed E-state index contributed by atoms with van der Waals surface area (Å²) in [5.74, 6) is 0.668. The van der Waals surface area contributed by atoms with Gasteiger partial charge in [0.2, 0.25) is 0 Å². The zero-order chi connectivity index (χ0) is 17.3. The molecule has 0 aromatic carbocycles. The Morgan fingerprint density at radius 2 is 1.75 bits per heavy atom. The third-order valence-corrected chi connectivity index (χ3v) is 6.08. The van der Waals surface area contributed by atoms with Crippen LogP contribution in [0.4, 0.5) is 0 Å². The number of ketones is 2. The lowest BCUT2D eigenvalue weighted by molar-refractivity contribution is -0.137. The lowest BCUT2D eigenvalue weighted by atomic mass is 9.65. The molecule has 2 nitrogen and oxygen atoms in total. The van der Waals surface area contributed by atoms with Gasteiger partial charge < -0.3 is 0 Å². The summed E-state index contributed by atoms with van der Waals surface area (Å²) in [4.78, 5) is 25.8. The summed E-state index contributed by atoms with van der Waals surface area (Å²) in [5.41, 5.74) is -0.470. The number of hydrogen-bond donors (Lipinski definition) is 0. The van der Waals surface area contributed by atoms with E-state index in [1.807, 2.05) is 0 Å². The highest BCUT2D eigenvalue weighted by Crippen LogP contribution is 2.45. The van der Waals surface area contributed by atoms with Crippen LogP contribution in [0, 0.1) is 11.3 Å². The summed E-state index contributed by atoms with van der Waals surface area (Å²) < 4.78 is 0. The predicted molar refractivity (Wildman–Crippen MR) is 100 cm³/mol. The molecule has 0 heterocycles. The van der Waals surface area contributed by atoms with Gasteiger partial charge in [-0.05, 0) is 38.5 Å². The molecule has 2 aliphatic rings. The van der Waals surface area contributed by atoms with Gasteiger partial charge in [-0.1, -0.05) is 64.0 Å². The molecular weight excluding hydrogens is 296 g/mol. The molecule has 2 atom stereocenters. The van der Waals surface area contributed by atoms with E-state index in [0.29, 0.717) is 24.4 Å². The monoisotopic (exact) mass is 332 g/mol. The molecule has 2 unspecified atom stereocenters. The van der Waals surface area contributed by atoms with Crippen molar-refractivity contribution in [2.45, 2.75) is 103 Å². The van der Waals surface area contributed by atoms with Crippen LogP contribution in [-0.4, -0.2) is 11.6 Å². The molecule has 2 rings (SSSR count). The minimum Gasteiger partial charge on any atom is -0.299 e. The van der Waals surface area contributed by atoms with Crippen LogP contribution in [0.15, 0.2) is 12.2 Å². The summed E-state index contributed by atoms with van der Waals surface area (Å²) in [6.45, 7) is 2.23. The minimum absolute atomic E-state index is 0.0440. The number of rotatable bonds is 7. The molecule has 2 fully saturated rings. The van der Waals surface area contributed by atoms with Crippen molar-refractivity contribution in [1.29, 1.82) is 0 Å². The van der Waals surface area contributed by atoms with Crippen molar-refractivity contribution in [2.75, 3.05) is 0 Å². The quantitative estimate of drug-likeness (QED) is 0.317. The Morgan fingerprint density at radius 1 is 0.958 bits per heavy atom. The molecule has 2 heteroatoms. The van der Waals surface area contributed by atoms with E-state index in [0.717, 1.165) is 57.8 Å². The number of unbranched alkanes of at least 4 members (excludes halogenated alkanes) is 4. The first kappa shape index (κ1) is 19.4. The normalized spacial score (nSPS) is 29.6. The van der Waals surface area contributed by atoms with Crippen molar-refractivity contribution < 1.29 is 9.59 Å². The summed E-state index contributed by atoms with van der Waals surface area (Å²) in [6.07, 6.45) is 20.2. The van der Waals surface area contributed by atoms with E-state index in [9.17, 15) is 9.59 Å². The standard InChI is InChI=1S/C22H36O2/c1-2-3-4-5-6-12-17-22(18-13-8-11-16-21(22)24)19-14-9-7-10-15-20(19)23/h12,17,19H,2-11,13-16,18H2,1H3. The Kier molecular flexibility index (Phi) is 8.21. The van der Waals surface area contributed by atoms with Gasteiger partial charge in [0.15, 0.2) is 0 Å². The maximum absolute atomic E-state index is 13.1. The van der Waals surface area contributed by atoms with Crippen LogP contribution >= 0.6 is 0 Å². The Balaban J connectivity index is 2.15. The van der Waals surface area contributed by atoms with Gasteiger partial charge in [-0.25, -0.2) is 0 Å². The molecule has 0 aromatic heterocycles. The highest BCUT2D eigenvalue weighted by Gasteiger charge is 2.46. The van der Waals surface area contributed by atoms with E-state index in [1.165, 1.54) is 25.7 Å². The molecule has 136 valence electrons. The average molecular weight is 333 g/mol. The molecule has 0 amide bonds. The molecule has 0 aliphatic heterocycles. The first-order chi connectivity index (χ1) is 11.7. The number of allylic oxidation sites excluding steroid dienone is 2. The molecule has 0 radical (unpaired) electrons. The zero-order valence-corrected chi connectivity index (χ0v) is 15.7. The molecule has 0 saturated heterocycles. The van der Waals surface area contributed by atoms with Crippen molar-refractivity contribution in [1.82, 2.24) is 0 Å². The highest BCUT2D eigenvalue weighted by atomic mass is 16.1. The number of Topliss-reactive ketones (excluding diaryl/α,β-unsaturated/α-hetero) is 2. The lowest BCUT2D eigenvalue weighted by Gasteiger charge is -2.35. The van der Waals surface area contributed by atoms with Gasteiger partial charge in [-0.3, -0.25) is 9.59 Å².